The molecule has 0 bridgehead atoms. The second-order valence-electron chi connectivity index (χ2n) is 4.96. The minimum Gasteiger partial charge on any atom is -0.402 e. The Kier molecular flexibility index (Phi) is 6.45. The zero-order chi connectivity index (χ0) is 19.1. The number of thioether (sulfide) groups is 2. The number of rotatable bonds is 5. The van der Waals surface area contributed by atoms with Gasteiger partial charge in [-0.1, -0.05) is 47.8 Å². The largest absolute Gasteiger partial charge is 0.402 e. The third-order valence-corrected chi connectivity index (χ3v) is 5.24. The summed E-state index contributed by atoms with van der Waals surface area (Å²) in [6.07, 6.45) is 0. The van der Waals surface area contributed by atoms with Crippen LogP contribution in [0.1, 0.15) is 0 Å². The lowest BCUT2D eigenvalue weighted by molar-refractivity contribution is 1.34. The molecule has 0 spiro atoms. The van der Waals surface area contributed by atoms with E-state index in [0.29, 0.717) is 21.2 Å². The van der Waals surface area contributed by atoms with Crippen molar-refractivity contribution in [2.24, 2.45) is 11.5 Å². The van der Waals surface area contributed by atoms with Crippen molar-refractivity contribution in [1.29, 1.82) is 5.26 Å². The number of nitrogens with zero attached hydrogens (tertiary/aromatic N) is 2. The monoisotopic (exact) mass is 380 g/mol. The average molecular weight is 381 g/mol. The maximum absolute atomic E-state index is 9.52. The molecule has 0 aromatic heterocycles. The maximum Gasteiger partial charge on any atom is 0.236 e. The summed E-state index contributed by atoms with van der Waals surface area (Å²) in [6, 6.07) is 16.2. The van der Waals surface area contributed by atoms with Gasteiger partial charge in [0.25, 0.3) is 0 Å². The molecule has 0 unspecified atom stereocenters. The predicted octanol–water partition coefficient (Wildman–Crippen LogP) is 3.48. The quantitative estimate of drug-likeness (QED) is 0.205. The van der Waals surface area contributed by atoms with E-state index in [2.05, 4.69) is 4.85 Å². The highest BCUT2D eigenvalue weighted by atomic mass is 32.2. The topological polar surface area (TPSA) is 132 Å². The SMILES string of the molecule is [C-]#[N+]/C(C(C#N)=C(N)Sc1ccccc1N)=C(\N)Sc1ccccc1N. The van der Waals surface area contributed by atoms with Gasteiger partial charge in [0.2, 0.25) is 5.70 Å². The number of hydrogen-bond acceptors (Lipinski definition) is 7. The highest BCUT2D eigenvalue weighted by Gasteiger charge is 2.17. The number of hydrogen-bond donors (Lipinski definition) is 4. The van der Waals surface area contributed by atoms with E-state index in [9.17, 15) is 5.26 Å². The molecule has 2 aromatic carbocycles. The van der Waals surface area contributed by atoms with Crippen molar-refractivity contribution in [3.05, 3.63) is 81.3 Å². The Morgan fingerprint density at radius 1 is 0.885 bits per heavy atom. The van der Waals surface area contributed by atoms with E-state index in [1.54, 1.807) is 36.4 Å². The lowest BCUT2D eigenvalue weighted by Crippen LogP contribution is -2.05. The van der Waals surface area contributed by atoms with Crippen LogP contribution in [-0.2, 0) is 0 Å². The number of anilines is 2. The van der Waals surface area contributed by atoms with Crippen LogP contribution in [0.2, 0.25) is 0 Å². The number of allylic oxidation sites excluding steroid dienone is 1. The molecule has 0 aliphatic carbocycles. The number of nitrogen functional groups attached to an aromatic ring is 2. The summed E-state index contributed by atoms with van der Waals surface area (Å²) in [5.41, 5.74) is 25.0. The standard InChI is InChI=1S/C18H16N6S2/c1-24-16(18(23)26-15-9-5-3-7-13(15)21)11(10-19)17(22)25-14-8-4-2-6-12(14)20/h2-9H,20-23H2/b17-11?,18-16+. The Morgan fingerprint density at radius 2 is 1.35 bits per heavy atom. The summed E-state index contributed by atoms with van der Waals surface area (Å²) in [4.78, 5) is 4.80. The van der Waals surface area contributed by atoms with Crippen molar-refractivity contribution < 1.29 is 0 Å². The molecule has 8 heteroatoms. The Hall–Kier alpha value is -3.20. The smallest absolute Gasteiger partial charge is 0.236 e. The summed E-state index contributed by atoms with van der Waals surface area (Å²) in [7, 11) is 0. The molecule has 0 saturated heterocycles. The van der Waals surface area contributed by atoms with E-state index in [1.165, 1.54) is 0 Å². The molecule has 0 fully saturated rings. The molecule has 0 heterocycles. The lowest BCUT2D eigenvalue weighted by atomic mass is 10.2. The van der Waals surface area contributed by atoms with Gasteiger partial charge in [0.1, 0.15) is 0 Å². The van der Waals surface area contributed by atoms with E-state index < -0.39 is 0 Å². The van der Waals surface area contributed by atoms with Gasteiger partial charge in [-0.05, 0) is 24.3 Å². The fourth-order valence-corrected chi connectivity index (χ4v) is 3.57. The van der Waals surface area contributed by atoms with Crippen molar-refractivity contribution in [2.45, 2.75) is 9.79 Å². The van der Waals surface area contributed by atoms with Crippen molar-refractivity contribution >= 4 is 34.9 Å². The predicted molar refractivity (Wildman–Crippen MR) is 108 cm³/mol. The van der Waals surface area contributed by atoms with Crippen LogP contribution in [0, 0.1) is 17.9 Å². The molecule has 0 aliphatic rings. The van der Waals surface area contributed by atoms with Crippen molar-refractivity contribution in [2.75, 3.05) is 11.5 Å². The molecule has 6 nitrogen and oxygen atoms in total. The summed E-state index contributed by atoms with van der Waals surface area (Å²) in [6.45, 7) is 7.43. The molecule has 0 amide bonds. The molecule has 0 atom stereocenters. The van der Waals surface area contributed by atoms with Gasteiger partial charge in [-0.25, -0.2) is 4.85 Å². The van der Waals surface area contributed by atoms with Crippen LogP contribution < -0.4 is 22.9 Å². The first-order valence-corrected chi connectivity index (χ1v) is 8.93. The van der Waals surface area contributed by atoms with E-state index in [0.717, 1.165) is 23.5 Å². The van der Waals surface area contributed by atoms with Gasteiger partial charge in [0, 0.05) is 21.2 Å². The van der Waals surface area contributed by atoms with Crippen LogP contribution in [0.5, 0.6) is 0 Å². The fourth-order valence-electron chi connectivity index (χ4n) is 1.94. The molecule has 2 aromatic rings. The maximum atomic E-state index is 9.52. The Balaban J connectivity index is 2.42. The Bertz CT molecular complexity index is 887. The molecule has 0 radical (unpaired) electrons. The zero-order valence-electron chi connectivity index (χ0n) is 13.6. The van der Waals surface area contributed by atoms with E-state index >= 15 is 0 Å². The number of nitriles is 1. The highest BCUT2D eigenvalue weighted by Crippen LogP contribution is 2.36. The first kappa shape index (κ1) is 19.1. The van der Waals surface area contributed by atoms with Crippen LogP contribution in [0.25, 0.3) is 4.85 Å². The van der Waals surface area contributed by atoms with Crippen molar-refractivity contribution in [3.8, 4) is 6.07 Å². The molecule has 26 heavy (non-hydrogen) atoms. The highest BCUT2D eigenvalue weighted by molar-refractivity contribution is 8.03. The van der Waals surface area contributed by atoms with Crippen LogP contribution in [-0.4, -0.2) is 0 Å². The number of nitrogens with two attached hydrogens (primary N) is 4. The van der Waals surface area contributed by atoms with Gasteiger partial charge < -0.3 is 22.9 Å². The zero-order valence-corrected chi connectivity index (χ0v) is 15.3. The van der Waals surface area contributed by atoms with Gasteiger partial charge in [-0.2, -0.15) is 5.26 Å². The first-order valence-electron chi connectivity index (χ1n) is 7.30. The Morgan fingerprint density at radius 3 is 1.77 bits per heavy atom. The van der Waals surface area contributed by atoms with Crippen LogP contribution >= 0.6 is 23.5 Å². The summed E-state index contributed by atoms with van der Waals surface area (Å²) < 4.78 is 0. The molecular weight excluding hydrogens is 364 g/mol. The van der Waals surface area contributed by atoms with Gasteiger partial charge in [-0.3, -0.25) is 0 Å². The average Bonchev–Trinajstić information content (AvgIpc) is 2.63. The second-order valence-corrected chi connectivity index (χ2v) is 7.12. The van der Waals surface area contributed by atoms with Gasteiger partial charge >= 0.3 is 0 Å². The summed E-state index contributed by atoms with van der Waals surface area (Å²) in [5, 5.41) is 9.82. The molecule has 130 valence electrons. The van der Waals surface area contributed by atoms with Crippen molar-refractivity contribution in [3.63, 3.8) is 0 Å². The van der Waals surface area contributed by atoms with Gasteiger partial charge in [0.05, 0.1) is 28.3 Å². The second kappa shape index (κ2) is 8.77. The lowest BCUT2D eigenvalue weighted by Gasteiger charge is -2.10. The van der Waals surface area contributed by atoms with Gasteiger partial charge in [-0.15, -0.1) is 0 Å². The Labute approximate surface area is 160 Å². The molecular formula is C18H16N6S2. The number of para-hydroxylation sites is 2. The van der Waals surface area contributed by atoms with Crippen molar-refractivity contribution in [1.82, 2.24) is 0 Å². The minimum absolute atomic E-state index is 0.00718. The first-order chi connectivity index (χ1) is 12.5. The third kappa shape index (κ3) is 4.45. The van der Waals surface area contributed by atoms with E-state index in [4.69, 9.17) is 29.5 Å². The van der Waals surface area contributed by atoms with E-state index in [-0.39, 0.29) is 21.3 Å². The molecule has 0 saturated carbocycles. The van der Waals surface area contributed by atoms with E-state index in [1.807, 2.05) is 18.2 Å². The minimum atomic E-state index is -0.0137. The summed E-state index contributed by atoms with van der Waals surface area (Å²) in [5.74, 6) is 0. The number of benzene rings is 2. The normalized spacial score (nSPS) is 12.4. The van der Waals surface area contributed by atoms with Crippen LogP contribution in [0.3, 0.4) is 0 Å². The third-order valence-electron chi connectivity index (χ3n) is 3.22. The fraction of sp³-hybridized carbons (Fsp3) is 0. The van der Waals surface area contributed by atoms with Crippen LogP contribution in [0.15, 0.2) is 79.7 Å². The molecule has 0 aliphatic heterocycles. The molecule has 8 N–H and O–H groups in total. The van der Waals surface area contributed by atoms with Gasteiger partial charge in [0.15, 0.2) is 0 Å². The van der Waals surface area contributed by atoms with Crippen LogP contribution in [0.4, 0.5) is 11.4 Å². The molecule has 2 rings (SSSR count). The summed E-state index contributed by atoms with van der Waals surface area (Å²) >= 11 is 2.23.